The molecule has 106 valence electrons. The molecular formula is C17H18N4. The number of nitrogens with one attached hydrogen (secondary N) is 1. The summed E-state index contributed by atoms with van der Waals surface area (Å²) in [5, 5.41) is 4.62. The second-order valence-corrected chi connectivity index (χ2v) is 4.94. The normalized spacial score (nSPS) is 12.4. The number of likely N-dealkylation sites (N-methyl/N-ethyl adjacent to an activating group) is 1. The molecule has 0 spiro atoms. The van der Waals surface area contributed by atoms with Crippen LogP contribution in [-0.2, 0) is 6.42 Å². The zero-order chi connectivity index (χ0) is 14.5. The van der Waals surface area contributed by atoms with E-state index in [-0.39, 0.29) is 6.04 Å². The van der Waals surface area contributed by atoms with Crippen molar-refractivity contribution in [1.29, 1.82) is 0 Å². The third-order valence-electron chi connectivity index (χ3n) is 3.46. The van der Waals surface area contributed by atoms with Gasteiger partial charge in [0.1, 0.15) is 0 Å². The highest BCUT2D eigenvalue weighted by Crippen LogP contribution is 2.17. The van der Waals surface area contributed by atoms with Gasteiger partial charge in [-0.15, -0.1) is 0 Å². The maximum absolute atomic E-state index is 4.73. The molecule has 3 aromatic rings. The van der Waals surface area contributed by atoms with E-state index in [1.807, 2.05) is 24.4 Å². The molecular weight excluding hydrogens is 260 g/mol. The van der Waals surface area contributed by atoms with E-state index < -0.39 is 0 Å². The maximum Gasteiger partial charge on any atom is 0.0760 e. The first-order valence-corrected chi connectivity index (χ1v) is 7.21. The predicted octanol–water partition coefficient (Wildman–Crippen LogP) is 2.92. The number of hydrogen-bond donors (Lipinski definition) is 1. The van der Waals surface area contributed by atoms with E-state index >= 15 is 0 Å². The van der Waals surface area contributed by atoms with Gasteiger partial charge in [0.05, 0.1) is 17.3 Å². The van der Waals surface area contributed by atoms with Crippen LogP contribution < -0.4 is 5.32 Å². The average Bonchev–Trinajstić information content (AvgIpc) is 2.55. The second kappa shape index (κ2) is 6.41. The molecule has 1 unspecified atom stereocenters. The number of hydrogen-bond acceptors (Lipinski definition) is 4. The summed E-state index contributed by atoms with van der Waals surface area (Å²) in [7, 11) is 0. The monoisotopic (exact) mass is 278 g/mol. The zero-order valence-electron chi connectivity index (χ0n) is 12.0. The van der Waals surface area contributed by atoms with Crippen molar-refractivity contribution in [3.63, 3.8) is 0 Å². The number of para-hydroxylation sites is 1. The van der Waals surface area contributed by atoms with Gasteiger partial charge in [0.15, 0.2) is 0 Å². The van der Waals surface area contributed by atoms with Crippen LogP contribution in [0, 0.1) is 0 Å². The third kappa shape index (κ3) is 3.23. The molecule has 21 heavy (non-hydrogen) atoms. The molecule has 0 radical (unpaired) electrons. The quantitative estimate of drug-likeness (QED) is 0.779. The van der Waals surface area contributed by atoms with E-state index in [9.17, 15) is 0 Å². The first-order chi connectivity index (χ1) is 10.4. The van der Waals surface area contributed by atoms with Crippen molar-refractivity contribution in [1.82, 2.24) is 20.3 Å². The number of nitrogens with zero attached hydrogens (tertiary/aromatic N) is 3. The largest absolute Gasteiger partial charge is 0.309 e. The SMILES string of the molecule is CCNC(Cc1ccc2ccccc2n1)c1cnccn1. The Labute approximate surface area is 124 Å². The summed E-state index contributed by atoms with van der Waals surface area (Å²) < 4.78 is 0. The highest BCUT2D eigenvalue weighted by molar-refractivity contribution is 5.78. The molecule has 0 saturated carbocycles. The first-order valence-electron chi connectivity index (χ1n) is 7.21. The molecule has 3 rings (SSSR count). The summed E-state index contributed by atoms with van der Waals surface area (Å²) in [5.74, 6) is 0. The molecule has 4 heteroatoms. The van der Waals surface area contributed by atoms with Crippen LogP contribution in [0.2, 0.25) is 0 Å². The van der Waals surface area contributed by atoms with Crippen molar-refractivity contribution in [3.05, 3.63) is 66.4 Å². The molecule has 2 aromatic heterocycles. The van der Waals surface area contributed by atoms with E-state index in [4.69, 9.17) is 4.98 Å². The predicted molar refractivity (Wildman–Crippen MR) is 83.9 cm³/mol. The summed E-state index contributed by atoms with van der Waals surface area (Å²) in [6.45, 7) is 2.98. The molecule has 0 fully saturated rings. The first kappa shape index (κ1) is 13.6. The standard InChI is InChI=1S/C17H18N4/c1-2-19-16(17-12-18-9-10-20-17)11-14-8-7-13-5-3-4-6-15(13)21-14/h3-10,12,16,19H,2,11H2,1H3. The van der Waals surface area contributed by atoms with Gasteiger partial charge in [-0.05, 0) is 18.7 Å². The molecule has 2 heterocycles. The Hall–Kier alpha value is -2.33. The molecule has 1 N–H and O–H groups in total. The van der Waals surface area contributed by atoms with E-state index in [1.165, 1.54) is 5.39 Å². The third-order valence-corrected chi connectivity index (χ3v) is 3.46. The number of rotatable bonds is 5. The van der Waals surface area contributed by atoms with Crippen molar-refractivity contribution in [2.24, 2.45) is 0 Å². The van der Waals surface area contributed by atoms with Crippen molar-refractivity contribution in [2.45, 2.75) is 19.4 Å². The smallest absolute Gasteiger partial charge is 0.0760 e. The van der Waals surface area contributed by atoms with Crippen LogP contribution in [0.5, 0.6) is 0 Å². The summed E-state index contributed by atoms with van der Waals surface area (Å²) in [6.07, 6.45) is 6.04. The van der Waals surface area contributed by atoms with Gasteiger partial charge in [-0.1, -0.05) is 31.2 Å². The van der Waals surface area contributed by atoms with Gasteiger partial charge < -0.3 is 5.32 Å². The van der Waals surface area contributed by atoms with Crippen LogP contribution in [0.1, 0.15) is 24.4 Å². The molecule has 0 bridgehead atoms. The van der Waals surface area contributed by atoms with Crippen molar-refractivity contribution < 1.29 is 0 Å². The fourth-order valence-corrected chi connectivity index (χ4v) is 2.45. The summed E-state index contributed by atoms with van der Waals surface area (Å²) >= 11 is 0. The van der Waals surface area contributed by atoms with Gasteiger partial charge in [-0.2, -0.15) is 0 Å². The Balaban J connectivity index is 1.87. The van der Waals surface area contributed by atoms with Gasteiger partial charge in [-0.3, -0.25) is 15.0 Å². The van der Waals surface area contributed by atoms with Gasteiger partial charge >= 0.3 is 0 Å². The molecule has 4 nitrogen and oxygen atoms in total. The minimum atomic E-state index is 0.136. The van der Waals surface area contributed by atoms with Gasteiger partial charge in [0, 0.05) is 36.1 Å². The molecule has 0 saturated heterocycles. The molecule has 1 aromatic carbocycles. The minimum Gasteiger partial charge on any atom is -0.309 e. The van der Waals surface area contributed by atoms with Crippen LogP contribution in [-0.4, -0.2) is 21.5 Å². The minimum absolute atomic E-state index is 0.136. The molecule has 0 aliphatic carbocycles. The average molecular weight is 278 g/mol. The summed E-state index contributed by atoms with van der Waals surface area (Å²) in [5.41, 5.74) is 3.05. The van der Waals surface area contributed by atoms with Crippen LogP contribution in [0.3, 0.4) is 0 Å². The second-order valence-electron chi connectivity index (χ2n) is 4.94. The van der Waals surface area contributed by atoms with Crippen LogP contribution in [0.25, 0.3) is 10.9 Å². The van der Waals surface area contributed by atoms with E-state index in [1.54, 1.807) is 12.4 Å². The van der Waals surface area contributed by atoms with Crippen molar-refractivity contribution in [2.75, 3.05) is 6.54 Å². The Bertz CT molecular complexity index is 712. The Morgan fingerprint density at radius 3 is 2.81 bits per heavy atom. The fraction of sp³-hybridized carbons (Fsp3) is 0.235. The lowest BCUT2D eigenvalue weighted by atomic mass is 10.1. The van der Waals surface area contributed by atoms with Gasteiger partial charge in [-0.25, -0.2) is 0 Å². The fourth-order valence-electron chi connectivity index (χ4n) is 2.45. The molecule has 1 atom stereocenters. The number of pyridine rings is 1. The highest BCUT2D eigenvalue weighted by atomic mass is 14.9. The molecule has 0 aliphatic rings. The summed E-state index contributed by atoms with van der Waals surface area (Å²) in [6, 6.07) is 12.5. The maximum atomic E-state index is 4.73. The van der Waals surface area contributed by atoms with E-state index in [0.29, 0.717) is 0 Å². The Morgan fingerprint density at radius 2 is 2.00 bits per heavy atom. The lowest BCUT2D eigenvalue weighted by Crippen LogP contribution is -2.24. The number of benzene rings is 1. The van der Waals surface area contributed by atoms with Crippen molar-refractivity contribution >= 4 is 10.9 Å². The number of aromatic nitrogens is 3. The summed E-state index contributed by atoms with van der Waals surface area (Å²) in [4.78, 5) is 13.3. The molecule has 0 amide bonds. The number of fused-ring (bicyclic) bond motifs is 1. The van der Waals surface area contributed by atoms with Gasteiger partial charge in [0.2, 0.25) is 0 Å². The highest BCUT2D eigenvalue weighted by Gasteiger charge is 2.13. The van der Waals surface area contributed by atoms with Gasteiger partial charge in [0.25, 0.3) is 0 Å². The van der Waals surface area contributed by atoms with Crippen LogP contribution >= 0.6 is 0 Å². The lowest BCUT2D eigenvalue weighted by Gasteiger charge is -2.16. The van der Waals surface area contributed by atoms with E-state index in [0.717, 1.165) is 29.9 Å². The zero-order valence-corrected chi connectivity index (χ0v) is 12.0. The lowest BCUT2D eigenvalue weighted by molar-refractivity contribution is 0.530. The Kier molecular flexibility index (Phi) is 4.17. The topological polar surface area (TPSA) is 50.7 Å². The van der Waals surface area contributed by atoms with E-state index in [2.05, 4.69) is 40.4 Å². The van der Waals surface area contributed by atoms with Crippen LogP contribution in [0.4, 0.5) is 0 Å². The Morgan fingerprint density at radius 1 is 1.10 bits per heavy atom. The van der Waals surface area contributed by atoms with Crippen molar-refractivity contribution in [3.8, 4) is 0 Å². The molecule has 0 aliphatic heterocycles. The van der Waals surface area contributed by atoms with Crippen LogP contribution in [0.15, 0.2) is 55.0 Å².